The number of benzene rings is 1. The Hall–Kier alpha value is -5.16. The molecule has 0 saturated heterocycles. The van der Waals surface area contributed by atoms with Crippen molar-refractivity contribution in [1.29, 1.82) is 0 Å². The van der Waals surface area contributed by atoms with Gasteiger partial charge < -0.3 is 41.4 Å². The van der Waals surface area contributed by atoms with E-state index in [2.05, 4.69) is 31.9 Å². The summed E-state index contributed by atoms with van der Waals surface area (Å²) in [5.41, 5.74) is 0.746. The highest BCUT2D eigenvalue weighted by molar-refractivity contribution is 6.12. The Morgan fingerprint density at radius 3 is 2.04 bits per heavy atom. The molecule has 1 aromatic rings. The maximum Gasteiger partial charge on any atom is 0.253 e. The first-order valence-corrected chi connectivity index (χ1v) is 15.4. The minimum absolute atomic E-state index is 0.110. The van der Waals surface area contributed by atoms with Gasteiger partial charge in [-0.2, -0.15) is 0 Å². The molecule has 0 saturated carbocycles. The first kappa shape index (κ1) is 39.0. The lowest BCUT2D eigenvalue weighted by Gasteiger charge is -2.19. The Balaban J connectivity index is 1.66. The van der Waals surface area contributed by atoms with Crippen LogP contribution in [0.15, 0.2) is 42.5 Å². The second-order valence-corrected chi connectivity index (χ2v) is 10.4. The van der Waals surface area contributed by atoms with Crippen LogP contribution in [0.25, 0.3) is 0 Å². The number of hydrogen-bond acceptors (Lipinski definition) is 10. The first-order valence-electron chi connectivity index (χ1n) is 15.4. The number of likely N-dealkylation sites (N-methyl/N-ethyl adjacent to an activating group) is 1. The van der Waals surface area contributed by atoms with Crippen LogP contribution in [0.4, 0.5) is 0 Å². The summed E-state index contributed by atoms with van der Waals surface area (Å²) < 4.78 is 10.3. The molecule has 17 heteroatoms. The van der Waals surface area contributed by atoms with Crippen LogP contribution >= 0.6 is 0 Å². The number of unbranched alkanes of at least 4 members (excludes halogenated alkanes) is 2. The van der Waals surface area contributed by atoms with Crippen molar-refractivity contribution in [3.05, 3.63) is 48.0 Å². The van der Waals surface area contributed by atoms with E-state index in [0.717, 1.165) is 10.5 Å². The van der Waals surface area contributed by atoms with E-state index in [1.165, 1.54) is 19.2 Å². The molecule has 0 aromatic heterocycles. The maximum absolute atomic E-state index is 12.9. The van der Waals surface area contributed by atoms with E-state index >= 15 is 0 Å². The van der Waals surface area contributed by atoms with Crippen LogP contribution in [-0.4, -0.2) is 118 Å². The van der Waals surface area contributed by atoms with Crippen molar-refractivity contribution in [2.24, 2.45) is 0 Å². The van der Waals surface area contributed by atoms with Gasteiger partial charge in [0.05, 0.1) is 32.8 Å². The molecule has 1 aromatic carbocycles. The third-order valence-electron chi connectivity index (χ3n) is 6.69. The average molecular weight is 674 g/mol. The zero-order chi connectivity index (χ0) is 35.1. The van der Waals surface area contributed by atoms with E-state index in [1.54, 1.807) is 30.3 Å². The van der Waals surface area contributed by atoms with Crippen molar-refractivity contribution in [2.75, 3.05) is 59.8 Å². The van der Waals surface area contributed by atoms with E-state index in [1.807, 2.05) is 0 Å². The molecule has 6 N–H and O–H groups in total. The molecule has 0 bridgehead atoms. The molecule has 0 spiro atoms. The van der Waals surface area contributed by atoms with Crippen LogP contribution in [-0.2, 0) is 54.3 Å². The monoisotopic (exact) mass is 673 g/mol. The van der Waals surface area contributed by atoms with Gasteiger partial charge in [0.1, 0.15) is 19.4 Å². The lowest BCUT2D eigenvalue weighted by Crippen LogP contribution is -2.52. The summed E-state index contributed by atoms with van der Waals surface area (Å²) in [7, 11) is 1.49. The minimum Gasteiger partial charge on any atom is -0.369 e. The molecule has 0 fully saturated rings. The normalized spacial score (nSPS) is 12.6. The highest BCUT2D eigenvalue weighted by atomic mass is 16.5. The fourth-order valence-corrected chi connectivity index (χ4v) is 4.11. The van der Waals surface area contributed by atoms with Gasteiger partial charge in [0.15, 0.2) is 0 Å². The number of carbonyl (C=O) groups excluding carboxylic acids is 8. The van der Waals surface area contributed by atoms with Crippen molar-refractivity contribution >= 4 is 47.3 Å². The van der Waals surface area contributed by atoms with E-state index < -0.39 is 36.2 Å². The SMILES string of the molecule is CNC(=O)COCCOCNC(=O)CNC(=O)[C@H](Cc1ccccc1)NC(=O)CNC(=O)CNC(=O)CCCCCN1C(=O)C=CC1=O. The zero-order valence-electron chi connectivity index (χ0n) is 26.8. The summed E-state index contributed by atoms with van der Waals surface area (Å²) in [4.78, 5) is 97.1. The third kappa shape index (κ3) is 16.4. The van der Waals surface area contributed by atoms with Crippen LogP contribution in [0.5, 0.6) is 0 Å². The number of nitrogens with zero attached hydrogens (tertiary/aromatic N) is 1. The highest BCUT2D eigenvalue weighted by Gasteiger charge is 2.23. The number of amides is 8. The minimum atomic E-state index is -1.06. The molecular weight excluding hydrogens is 630 g/mol. The number of ether oxygens (including phenoxy) is 2. The van der Waals surface area contributed by atoms with Crippen molar-refractivity contribution in [2.45, 2.75) is 38.1 Å². The molecule has 17 nitrogen and oxygen atoms in total. The summed E-state index contributed by atoms with van der Waals surface area (Å²) >= 11 is 0. The van der Waals surface area contributed by atoms with Crippen LogP contribution in [0.3, 0.4) is 0 Å². The van der Waals surface area contributed by atoms with Crippen LogP contribution in [0.2, 0.25) is 0 Å². The van der Waals surface area contributed by atoms with E-state index in [4.69, 9.17) is 9.47 Å². The van der Waals surface area contributed by atoms with Gasteiger partial charge in [0.25, 0.3) is 11.8 Å². The smallest absolute Gasteiger partial charge is 0.253 e. The Morgan fingerprint density at radius 2 is 1.33 bits per heavy atom. The topological polar surface area (TPSA) is 230 Å². The lowest BCUT2D eigenvalue weighted by molar-refractivity contribution is -0.137. The average Bonchev–Trinajstić information content (AvgIpc) is 3.40. The first-order chi connectivity index (χ1) is 23.1. The number of carbonyl (C=O) groups is 8. The van der Waals surface area contributed by atoms with Crippen molar-refractivity contribution < 1.29 is 47.8 Å². The summed E-state index contributed by atoms with van der Waals surface area (Å²) in [6.07, 6.45) is 4.34. The van der Waals surface area contributed by atoms with Crippen molar-refractivity contribution in [3.63, 3.8) is 0 Å². The molecule has 1 aliphatic rings. The number of nitrogens with one attached hydrogen (secondary N) is 6. The summed E-state index contributed by atoms with van der Waals surface area (Å²) in [6.45, 7) is -0.911. The van der Waals surface area contributed by atoms with Gasteiger partial charge in [-0.25, -0.2) is 0 Å². The Morgan fingerprint density at radius 1 is 0.708 bits per heavy atom. The highest BCUT2D eigenvalue weighted by Crippen LogP contribution is 2.08. The fraction of sp³-hybridized carbons (Fsp3) is 0.484. The lowest BCUT2D eigenvalue weighted by atomic mass is 10.1. The zero-order valence-corrected chi connectivity index (χ0v) is 26.8. The Kier molecular flexibility index (Phi) is 18.2. The number of imide groups is 1. The fourth-order valence-electron chi connectivity index (χ4n) is 4.11. The molecule has 0 unspecified atom stereocenters. The standard InChI is InChI=1S/C31H43N7O10/c1-32-28(43)20-47-14-15-48-21-36-26(41)18-35-31(46)23(16-22-8-4-2-5-9-22)37-27(42)19-34-25(40)17-33-24(39)10-6-3-7-13-38-29(44)11-12-30(38)45/h2,4-5,8-9,11-12,23H,3,6-7,10,13-21H2,1H3,(H,32,43)(H,33,39)(H,34,40)(H,35,46)(H,36,41)(H,37,42)/t23-/m0/s1. The van der Waals surface area contributed by atoms with Gasteiger partial charge in [-0.05, 0) is 18.4 Å². The molecule has 2 rings (SSSR count). The van der Waals surface area contributed by atoms with Gasteiger partial charge >= 0.3 is 0 Å². The number of rotatable bonds is 23. The second-order valence-electron chi connectivity index (χ2n) is 10.4. The summed E-state index contributed by atoms with van der Waals surface area (Å²) in [6, 6.07) is 7.82. The van der Waals surface area contributed by atoms with Gasteiger partial charge in [-0.3, -0.25) is 43.3 Å². The van der Waals surface area contributed by atoms with Crippen LogP contribution < -0.4 is 31.9 Å². The Labute approximate surface area is 277 Å². The van der Waals surface area contributed by atoms with E-state index in [-0.39, 0.29) is 82.7 Å². The predicted molar refractivity (Wildman–Crippen MR) is 169 cm³/mol. The molecule has 262 valence electrons. The predicted octanol–water partition coefficient (Wildman–Crippen LogP) is -2.60. The molecule has 1 atom stereocenters. The molecular formula is C31H43N7O10. The van der Waals surface area contributed by atoms with Crippen LogP contribution in [0.1, 0.15) is 31.2 Å². The van der Waals surface area contributed by atoms with Crippen molar-refractivity contribution in [3.8, 4) is 0 Å². The van der Waals surface area contributed by atoms with Gasteiger partial charge in [0, 0.05) is 38.6 Å². The van der Waals surface area contributed by atoms with Gasteiger partial charge in [-0.1, -0.05) is 36.8 Å². The summed E-state index contributed by atoms with van der Waals surface area (Å²) in [5.74, 6) is -3.79. The Bertz CT molecular complexity index is 1290. The van der Waals surface area contributed by atoms with Gasteiger partial charge in [0.2, 0.25) is 35.4 Å². The van der Waals surface area contributed by atoms with Crippen molar-refractivity contribution in [1.82, 2.24) is 36.8 Å². The second kappa shape index (κ2) is 22.4. The molecule has 8 amide bonds. The van der Waals surface area contributed by atoms with E-state index in [0.29, 0.717) is 19.3 Å². The largest absolute Gasteiger partial charge is 0.369 e. The van der Waals surface area contributed by atoms with E-state index in [9.17, 15) is 38.4 Å². The molecule has 0 aliphatic carbocycles. The quantitative estimate of drug-likeness (QED) is 0.0403. The molecule has 48 heavy (non-hydrogen) atoms. The molecule has 1 aliphatic heterocycles. The molecule has 0 radical (unpaired) electrons. The van der Waals surface area contributed by atoms with Gasteiger partial charge in [-0.15, -0.1) is 0 Å². The van der Waals surface area contributed by atoms with Crippen LogP contribution in [0, 0.1) is 0 Å². The third-order valence-corrected chi connectivity index (χ3v) is 6.69. The number of hydrogen-bond donors (Lipinski definition) is 6. The maximum atomic E-state index is 12.9. The summed E-state index contributed by atoms with van der Waals surface area (Å²) in [5, 5.41) is 14.7. The molecule has 1 heterocycles.